The Labute approximate surface area is 190 Å². The van der Waals surface area contributed by atoms with E-state index in [1.807, 2.05) is 13.1 Å². The van der Waals surface area contributed by atoms with Crippen LogP contribution in [0.5, 0.6) is 0 Å². The number of hydrogen-bond acceptors (Lipinski definition) is 8. The average molecular weight is 435 g/mol. The van der Waals surface area contributed by atoms with E-state index >= 15 is 0 Å². The van der Waals surface area contributed by atoms with Gasteiger partial charge in [0.05, 0.1) is 0 Å². The number of piperazine rings is 1. The summed E-state index contributed by atoms with van der Waals surface area (Å²) in [5.74, 6) is 1.88. The van der Waals surface area contributed by atoms with Crippen LogP contribution in [-0.2, 0) is 13.0 Å². The molecule has 4 rings (SSSR count). The molecule has 0 radical (unpaired) electrons. The first kappa shape index (κ1) is 22.2. The number of aryl methyl sites for hydroxylation is 1. The van der Waals surface area contributed by atoms with Gasteiger partial charge in [0, 0.05) is 98.9 Å². The second kappa shape index (κ2) is 9.24. The van der Waals surface area contributed by atoms with Crippen LogP contribution < -0.4 is 15.5 Å². The van der Waals surface area contributed by atoms with Crippen molar-refractivity contribution >= 4 is 23.6 Å². The molecule has 2 aromatic rings. The monoisotopic (exact) mass is 434 g/mol. The van der Waals surface area contributed by atoms with Gasteiger partial charge in [0.15, 0.2) is 0 Å². The third-order valence-corrected chi connectivity index (χ3v) is 6.47. The van der Waals surface area contributed by atoms with Crippen molar-refractivity contribution in [3.63, 3.8) is 0 Å². The van der Waals surface area contributed by atoms with Crippen molar-refractivity contribution in [3.8, 4) is 0 Å². The molecule has 0 amide bonds. The Morgan fingerprint density at radius 3 is 2.53 bits per heavy atom. The first-order valence-electron chi connectivity index (χ1n) is 11.3. The third kappa shape index (κ3) is 4.46. The van der Waals surface area contributed by atoms with E-state index in [2.05, 4.69) is 46.7 Å². The lowest BCUT2D eigenvalue weighted by atomic mass is 9.99. The molecule has 170 valence electrons. The molecule has 0 saturated carbocycles. The molecule has 0 unspecified atom stereocenters. The third-order valence-electron chi connectivity index (χ3n) is 6.47. The van der Waals surface area contributed by atoms with Gasteiger partial charge in [-0.2, -0.15) is 4.98 Å². The van der Waals surface area contributed by atoms with E-state index in [1.54, 1.807) is 13.3 Å². The minimum absolute atomic E-state index is 0.740. The predicted octanol–water partition coefficient (Wildman–Crippen LogP) is 2.19. The maximum Gasteiger partial charge on any atom is 0.227 e. The lowest BCUT2D eigenvalue weighted by molar-refractivity contribution is 0.311. The van der Waals surface area contributed by atoms with Crippen LogP contribution in [0.15, 0.2) is 23.0 Å². The van der Waals surface area contributed by atoms with E-state index < -0.39 is 0 Å². The number of pyridine rings is 1. The highest BCUT2D eigenvalue weighted by atomic mass is 15.3. The van der Waals surface area contributed by atoms with E-state index in [1.165, 1.54) is 5.56 Å². The van der Waals surface area contributed by atoms with E-state index in [4.69, 9.17) is 20.7 Å². The molecule has 0 atom stereocenters. The zero-order valence-electron chi connectivity index (χ0n) is 19.9. The Kier molecular flexibility index (Phi) is 6.41. The van der Waals surface area contributed by atoms with E-state index in [0.717, 1.165) is 91.2 Å². The van der Waals surface area contributed by atoms with Crippen LogP contribution in [0.2, 0.25) is 0 Å². The molecular weight excluding hydrogens is 400 g/mol. The molecule has 2 aliphatic heterocycles. The molecule has 2 aliphatic rings. The summed E-state index contributed by atoms with van der Waals surface area (Å²) in [7, 11) is 3.92. The maximum absolute atomic E-state index is 6.11. The number of nitrogens with two attached hydrogens (primary N) is 1. The van der Waals surface area contributed by atoms with Crippen LogP contribution in [0.1, 0.15) is 35.0 Å². The van der Waals surface area contributed by atoms with Crippen molar-refractivity contribution in [3.05, 3.63) is 46.0 Å². The Bertz CT molecular complexity index is 1050. The maximum atomic E-state index is 6.11. The molecule has 2 N–H and O–H groups in total. The number of hydrogen-bond donors (Lipinski definition) is 1. The van der Waals surface area contributed by atoms with Crippen molar-refractivity contribution in [1.82, 2.24) is 19.9 Å². The van der Waals surface area contributed by atoms with Crippen LogP contribution in [0.25, 0.3) is 5.57 Å². The first-order chi connectivity index (χ1) is 15.4. The van der Waals surface area contributed by atoms with E-state index in [0.29, 0.717) is 0 Å². The van der Waals surface area contributed by atoms with E-state index in [9.17, 15) is 0 Å². The van der Waals surface area contributed by atoms with Gasteiger partial charge in [0.25, 0.3) is 0 Å². The summed E-state index contributed by atoms with van der Waals surface area (Å²) in [6, 6.07) is 2.20. The fourth-order valence-corrected chi connectivity index (χ4v) is 4.34. The molecule has 1 saturated heterocycles. The summed E-state index contributed by atoms with van der Waals surface area (Å²) >= 11 is 0. The largest absolute Gasteiger partial charge is 0.402 e. The number of nitrogens with zero attached hydrogens (tertiary/aromatic N) is 7. The molecule has 0 bridgehead atoms. The summed E-state index contributed by atoms with van der Waals surface area (Å²) in [5, 5.41) is 0. The molecule has 8 heteroatoms. The summed E-state index contributed by atoms with van der Waals surface area (Å²) in [4.78, 5) is 25.8. The predicted molar refractivity (Wildman–Crippen MR) is 131 cm³/mol. The molecule has 0 aromatic carbocycles. The number of anilines is 2. The van der Waals surface area contributed by atoms with Crippen LogP contribution in [0, 0.1) is 13.8 Å². The van der Waals surface area contributed by atoms with Crippen LogP contribution in [0.4, 0.5) is 11.8 Å². The summed E-state index contributed by atoms with van der Waals surface area (Å²) in [6.07, 6.45) is 4.61. The van der Waals surface area contributed by atoms with Gasteiger partial charge in [0.2, 0.25) is 5.95 Å². The molecule has 0 spiro atoms. The van der Waals surface area contributed by atoms with Crippen molar-refractivity contribution in [1.29, 1.82) is 0 Å². The first-order valence-corrected chi connectivity index (χ1v) is 11.3. The Morgan fingerprint density at radius 1 is 1.09 bits per heavy atom. The SMILES string of the molecule is CN=C/C(=C(/C)N)c1cnc2c(c1)CN(c1nc(N3CCN(C)CC3)nc(C)c1C)CC2. The van der Waals surface area contributed by atoms with Gasteiger partial charge in [-0.3, -0.25) is 9.98 Å². The van der Waals surface area contributed by atoms with Crippen molar-refractivity contribution in [2.24, 2.45) is 10.7 Å². The minimum Gasteiger partial charge on any atom is -0.402 e. The normalized spacial score (nSPS) is 18.2. The summed E-state index contributed by atoms with van der Waals surface area (Å²) in [6.45, 7) is 11.8. The molecule has 8 nitrogen and oxygen atoms in total. The molecule has 0 aliphatic carbocycles. The average Bonchev–Trinajstić information content (AvgIpc) is 2.78. The highest BCUT2D eigenvalue weighted by molar-refractivity contribution is 6.10. The highest BCUT2D eigenvalue weighted by Crippen LogP contribution is 2.29. The second-order valence-corrected chi connectivity index (χ2v) is 8.83. The fourth-order valence-electron chi connectivity index (χ4n) is 4.34. The van der Waals surface area contributed by atoms with Gasteiger partial charge in [0.1, 0.15) is 5.82 Å². The number of allylic oxidation sites excluding steroid dienone is 2. The number of fused-ring (bicyclic) bond motifs is 1. The highest BCUT2D eigenvalue weighted by Gasteiger charge is 2.24. The smallest absolute Gasteiger partial charge is 0.227 e. The zero-order valence-corrected chi connectivity index (χ0v) is 19.9. The fraction of sp³-hybridized carbons (Fsp3) is 0.500. The Balaban J connectivity index is 1.64. The lowest BCUT2D eigenvalue weighted by Gasteiger charge is -2.34. The summed E-state index contributed by atoms with van der Waals surface area (Å²) in [5.41, 5.74) is 13.3. The minimum atomic E-state index is 0.740. The van der Waals surface area contributed by atoms with Gasteiger partial charge in [-0.05, 0) is 39.4 Å². The van der Waals surface area contributed by atoms with Gasteiger partial charge in [-0.1, -0.05) is 0 Å². The van der Waals surface area contributed by atoms with Gasteiger partial charge in [-0.25, -0.2) is 4.98 Å². The van der Waals surface area contributed by atoms with Crippen molar-refractivity contribution in [2.75, 3.05) is 56.6 Å². The standard InChI is InChI=1S/C24H34N8/c1-16-18(3)28-24(31-10-8-30(5)9-11-31)29-23(16)32-7-6-22-20(15-32)12-19(13-27-22)21(14-26-4)17(2)25/h12-14H,6-11,15,25H2,1-5H3/b21-17+,26-14?. The molecule has 4 heterocycles. The molecule has 2 aromatic heterocycles. The number of likely N-dealkylation sites (N-methyl/N-ethyl adjacent to an activating group) is 1. The van der Waals surface area contributed by atoms with Crippen LogP contribution in [-0.4, -0.2) is 72.9 Å². The summed E-state index contributed by atoms with van der Waals surface area (Å²) < 4.78 is 0. The zero-order chi connectivity index (χ0) is 22.8. The lowest BCUT2D eigenvalue weighted by Crippen LogP contribution is -2.45. The van der Waals surface area contributed by atoms with Gasteiger partial charge in [-0.15, -0.1) is 0 Å². The second-order valence-electron chi connectivity index (χ2n) is 8.83. The van der Waals surface area contributed by atoms with Crippen molar-refractivity contribution in [2.45, 2.75) is 33.7 Å². The van der Waals surface area contributed by atoms with Crippen molar-refractivity contribution < 1.29 is 0 Å². The molecular formula is C24H34N8. The Morgan fingerprint density at radius 2 is 1.84 bits per heavy atom. The quantitative estimate of drug-likeness (QED) is 0.738. The molecule has 32 heavy (non-hydrogen) atoms. The van der Waals surface area contributed by atoms with E-state index in [-0.39, 0.29) is 0 Å². The number of rotatable bonds is 4. The van der Waals surface area contributed by atoms with Crippen LogP contribution >= 0.6 is 0 Å². The Hall–Kier alpha value is -3.00. The van der Waals surface area contributed by atoms with Gasteiger partial charge < -0.3 is 20.4 Å². The topological polar surface area (TPSA) is 86.8 Å². The molecule has 1 fully saturated rings. The van der Waals surface area contributed by atoms with Gasteiger partial charge >= 0.3 is 0 Å². The van der Waals surface area contributed by atoms with Crippen LogP contribution in [0.3, 0.4) is 0 Å². The number of aromatic nitrogens is 3. The number of aliphatic imine (C=N–C) groups is 1.